The van der Waals surface area contributed by atoms with Crippen molar-refractivity contribution in [1.82, 2.24) is 0 Å². The lowest BCUT2D eigenvalue weighted by atomic mass is 10.1. The summed E-state index contributed by atoms with van der Waals surface area (Å²) in [6.45, 7) is 0. The van der Waals surface area contributed by atoms with Crippen LogP contribution in [0.4, 0.5) is 5.69 Å². The van der Waals surface area contributed by atoms with Gasteiger partial charge in [0, 0.05) is 10.2 Å². The van der Waals surface area contributed by atoms with Gasteiger partial charge >= 0.3 is 0 Å². The predicted molar refractivity (Wildman–Crippen MR) is 101 cm³/mol. The molecule has 0 bridgehead atoms. The molecule has 0 unspecified atom stereocenters. The van der Waals surface area contributed by atoms with Crippen LogP contribution in [0.5, 0.6) is 11.5 Å². The number of phenols is 1. The first-order valence-corrected chi connectivity index (χ1v) is 8.35. The summed E-state index contributed by atoms with van der Waals surface area (Å²) in [5.41, 5.74) is 0.762. The number of phenolic OH excluding ortho intramolecular Hbond substituents is 1. The molecular formula is C17H11BrCl2N2O3. The highest BCUT2D eigenvalue weighted by Gasteiger charge is 2.13. The first kappa shape index (κ1) is 19.1. The van der Waals surface area contributed by atoms with Crippen molar-refractivity contribution in [3.8, 4) is 17.6 Å². The van der Waals surface area contributed by atoms with Crippen molar-refractivity contribution in [3.63, 3.8) is 0 Å². The van der Waals surface area contributed by atoms with Gasteiger partial charge < -0.3 is 15.2 Å². The maximum absolute atomic E-state index is 12.3. The standard InChI is InChI=1S/C17H11BrCl2N2O3/c1-25-16-5-9(12(18)7-15(16)23)4-10(8-21)17(24)22-11-2-3-13(19)14(20)6-11/h2-7,23H,1H3,(H,22,24)/b10-4+. The van der Waals surface area contributed by atoms with Gasteiger partial charge in [-0.15, -0.1) is 0 Å². The van der Waals surface area contributed by atoms with Gasteiger partial charge in [0.15, 0.2) is 11.5 Å². The second-order valence-electron chi connectivity index (χ2n) is 4.80. The number of nitrogens with zero attached hydrogens (tertiary/aromatic N) is 1. The van der Waals surface area contributed by atoms with Gasteiger partial charge in [0.25, 0.3) is 5.91 Å². The van der Waals surface area contributed by atoms with E-state index in [9.17, 15) is 15.2 Å². The molecule has 0 spiro atoms. The van der Waals surface area contributed by atoms with E-state index < -0.39 is 5.91 Å². The van der Waals surface area contributed by atoms with Gasteiger partial charge in [0.05, 0.1) is 17.2 Å². The van der Waals surface area contributed by atoms with Crippen LogP contribution in [0, 0.1) is 11.3 Å². The maximum Gasteiger partial charge on any atom is 0.266 e. The predicted octanol–water partition coefficient (Wildman–Crippen LogP) is 5.02. The van der Waals surface area contributed by atoms with Gasteiger partial charge in [0.1, 0.15) is 11.6 Å². The molecule has 0 aliphatic carbocycles. The number of ether oxygens (including phenoxy) is 1. The second-order valence-corrected chi connectivity index (χ2v) is 6.47. The van der Waals surface area contributed by atoms with E-state index in [2.05, 4.69) is 21.2 Å². The Morgan fingerprint density at radius 3 is 2.64 bits per heavy atom. The van der Waals surface area contributed by atoms with E-state index in [-0.39, 0.29) is 22.1 Å². The molecule has 2 aromatic carbocycles. The maximum atomic E-state index is 12.3. The first-order chi connectivity index (χ1) is 11.8. The molecule has 0 saturated heterocycles. The smallest absolute Gasteiger partial charge is 0.266 e. The van der Waals surface area contributed by atoms with Crippen LogP contribution in [-0.2, 0) is 4.79 Å². The average molecular weight is 442 g/mol. The Bertz CT molecular complexity index is 907. The fourth-order valence-corrected chi connectivity index (χ4v) is 2.65. The number of nitrogens with one attached hydrogen (secondary N) is 1. The van der Waals surface area contributed by atoms with E-state index in [0.717, 1.165) is 0 Å². The Balaban J connectivity index is 2.32. The number of methoxy groups -OCH3 is 1. The molecule has 8 heteroatoms. The van der Waals surface area contributed by atoms with Crippen LogP contribution in [0.25, 0.3) is 6.08 Å². The van der Waals surface area contributed by atoms with Crippen molar-refractivity contribution >= 4 is 56.8 Å². The van der Waals surface area contributed by atoms with Crippen LogP contribution in [0.15, 0.2) is 40.4 Å². The lowest BCUT2D eigenvalue weighted by molar-refractivity contribution is -0.112. The zero-order valence-electron chi connectivity index (χ0n) is 12.8. The van der Waals surface area contributed by atoms with E-state index in [1.807, 2.05) is 6.07 Å². The molecule has 0 atom stereocenters. The number of amides is 1. The normalized spacial score (nSPS) is 10.9. The number of hydrogen-bond acceptors (Lipinski definition) is 4. The van der Waals surface area contributed by atoms with E-state index in [0.29, 0.717) is 20.7 Å². The topological polar surface area (TPSA) is 82.3 Å². The molecule has 0 aliphatic rings. The third-order valence-corrected chi connectivity index (χ3v) is 4.57. The third kappa shape index (κ3) is 4.67. The molecule has 0 fully saturated rings. The Kier molecular flexibility index (Phi) is 6.32. The quantitative estimate of drug-likeness (QED) is 0.515. The fourth-order valence-electron chi connectivity index (χ4n) is 1.91. The molecule has 128 valence electrons. The molecule has 2 rings (SSSR count). The average Bonchev–Trinajstić information content (AvgIpc) is 2.57. The summed E-state index contributed by atoms with van der Waals surface area (Å²) >= 11 is 15.0. The zero-order valence-corrected chi connectivity index (χ0v) is 15.9. The summed E-state index contributed by atoms with van der Waals surface area (Å²) in [5, 5.41) is 22.2. The summed E-state index contributed by atoms with van der Waals surface area (Å²) < 4.78 is 5.53. The Labute approximate surface area is 162 Å². The van der Waals surface area contributed by atoms with Crippen LogP contribution in [0.2, 0.25) is 10.0 Å². The molecule has 5 nitrogen and oxygen atoms in total. The molecule has 25 heavy (non-hydrogen) atoms. The molecule has 0 aliphatic heterocycles. The molecule has 1 amide bonds. The van der Waals surface area contributed by atoms with E-state index in [1.165, 1.54) is 37.5 Å². The number of hydrogen-bond donors (Lipinski definition) is 2. The largest absolute Gasteiger partial charge is 0.504 e. The highest BCUT2D eigenvalue weighted by atomic mass is 79.9. The van der Waals surface area contributed by atoms with Crippen LogP contribution in [0.1, 0.15) is 5.56 Å². The van der Waals surface area contributed by atoms with Crippen molar-refractivity contribution in [2.75, 3.05) is 12.4 Å². The lowest BCUT2D eigenvalue weighted by Gasteiger charge is -2.08. The highest BCUT2D eigenvalue weighted by Crippen LogP contribution is 2.33. The third-order valence-electron chi connectivity index (χ3n) is 3.14. The number of anilines is 1. The van der Waals surface area contributed by atoms with E-state index in [4.69, 9.17) is 27.9 Å². The van der Waals surface area contributed by atoms with E-state index >= 15 is 0 Å². The number of nitriles is 1. The van der Waals surface area contributed by atoms with Crippen molar-refractivity contribution in [3.05, 3.63) is 56.0 Å². The molecule has 0 radical (unpaired) electrons. The summed E-state index contributed by atoms with van der Waals surface area (Å²) in [5.74, 6) is -0.457. The Morgan fingerprint density at radius 1 is 1.32 bits per heavy atom. The molecule has 2 N–H and O–H groups in total. The van der Waals surface area contributed by atoms with Gasteiger partial charge in [-0.3, -0.25) is 4.79 Å². The number of carbonyl (C=O) groups is 1. The van der Waals surface area contributed by atoms with Crippen LogP contribution in [0.3, 0.4) is 0 Å². The molecule has 0 aromatic heterocycles. The van der Waals surface area contributed by atoms with E-state index in [1.54, 1.807) is 6.07 Å². The van der Waals surface area contributed by atoms with Gasteiger partial charge in [-0.1, -0.05) is 39.1 Å². The van der Waals surface area contributed by atoms with Crippen molar-refractivity contribution in [2.45, 2.75) is 0 Å². The van der Waals surface area contributed by atoms with Crippen LogP contribution in [-0.4, -0.2) is 18.1 Å². The monoisotopic (exact) mass is 440 g/mol. The van der Waals surface area contributed by atoms with Crippen molar-refractivity contribution in [1.29, 1.82) is 5.26 Å². The lowest BCUT2D eigenvalue weighted by Crippen LogP contribution is -2.13. The zero-order chi connectivity index (χ0) is 18.6. The molecular weight excluding hydrogens is 431 g/mol. The summed E-state index contributed by atoms with van der Waals surface area (Å²) in [6.07, 6.45) is 1.37. The molecule has 0 saturated carbocycles. The summed E-state index contributed by atoms with van der Waals surface area (Å²) in [4.78, 5) is 12.3. The van der Waals surface area contributed by atoms with Gasteiger partial charge in [0.2, 0.25) is 0 Å². The minimum absolute atomic E-state index is 0.0645. The minimum Gasteiger partial charge on any atom is -0.504 e. The SMILES string of the molecule is COc1cc(/C=C(\C#N)C(=O)Nc2ccc(Cl)c(Cl)c2)c(Br)cc1O. The number of aromatic hydroxyl groups is 1. The highest BCUT2D eigenvalue weighted by molar-refractivity contribution is 9.10. The Morgan fingerprint density at radius 2 is 2.04 bits per heavy atom. The minimum atomic E-state index is -0.611. The Hall–Kier alpha value is -2.20. The second kappa shape index (κ2) is 8.26. The molecule has 2 aromatic rings. The van der Waals surface area contributed by atoms with Gasteiger partial charge in [-0.25, -0.2) is 0 Å². The van der Waals surface area contributed by atoms with Gasteiger partial charge in [-0.05, 0) is 42.0 Å². The number of benzene rings is 2. The fraction of sp³-hybridized carbons (Fsp3) is 0.0588. The summed E-state index contributed by atoms with van der Waals surface area (Å²) in [7, 11) is 1.40. The van der Waals surface area contributed by atoms with Gasteiger partial charge in [-0.2, -0.15) is 5.26 Å². The van der Waals surface area contributed by atoms with Crippen LogP contribution < -0.4 is 10.1 Å². The molecule has 0 heterocycles. The number of carbonyl (C=O) groups excluding carboxylic acids is 1. The number of halogens is 3. The van der Waals surface area contributed by atoms with Crippen molar-refractivity contribution < 1.29 is 14.6 Å². The summed E-state index contributed by atoms with van der Waals surface area (Å²) in [6, 6.07) is 9.35. The van der Waals surface area contributed by atoms with Crippen molar-refractivity contribution in [2.24, 2.45) is 0 Å². The van der Waals surface area contributed by atoms with Crippen LogP contribution >= 0.6 is 39.1 Å². The first-order valence-electron chi connectivity index (χ1n) is 6.80. The number of rotatable bonds is 4.